The molecule has 2 aromatic carbocycles. The minimum Gasteiger partial charge on any atom is -0.617 e. The van der Waals surface area contributed by atoms with E-state index in [-0.39, 0.29) is 11.5 Å². The number of ketones is 1. The Morgan fingerprint density at radius 1 is 1.05 bits per heavy atom. The number of thiazole rings is 1. The van der Waals surface area contributed by atoms with Gasteiger partial charge >= 0.3 is 4.34 Å². The molecule has 0 bridgehead atoms. The number of hydrogen-bond acceptors (Lipinski definition) is 4. The summed E-state index contributed by atoms with van der Waals surface area (Å²) in [5, 5.41) is 14.1. The van der Waals surface area contributed by atoms with Crippen molar-refractivity contribution in [3.8, 4) is 11.3 Å². The van der Waals surface area contributed by atoms with Crippen LogP contribution in [0.3, 0.4) is 0 Å². The van der Waals surface area contributed by atoms with Gasteiger partial charge in [0.25, 0.3) is 0 Å². The largest absolute Gasteiger partial charge is 0.617 e. The summed E-state index contributed by atoms with van der Waals surface area (Å²) in [5.41, 5.74) is 2.18. The Bertz CT molecular complexity index is 770. The normalized spacial score (nSPS) is 10.5. The van der Waals surface area contributed by atoms with Crippen molar-refractivity contribution in [2.45, 2.75) is 4.34 Å². The molecule has 0 saturated heterocycles. The SMILES string of the molecule is O=C(CSc1scc(-c2ccccc2)[n+]1[O-])c1ccccc1. The van der Waals surface area contributed by atoms with Crippen LogP contribution in [-0.4, -0.2) is 11.5 Å². The van der Waals surface area contributed by atoms with E-state index in [2.05, 4.69) is 0 Å². The molecule has 3 nitrogen and oxygen atoms in total. The minimum absolute atomic E-state index is 0.0280. The number of carbonyl (C=O) groups is 1. The second-order valence-electron chi connectivity index (χ2n) is 4.63. The molecule has 0 unspecified atom stereocenters. The van der Waals surface area contributed by atoms with Crippen molar-refractivity contribution in [2.75, 3.05) is 5.75 Å². The lowest BCUT2D eigenvalue weighted by atomic mass is 10.2. The molecule has 0 aliphatic heterocycles. The van der Waals surface area contributed by atoms with Gasteiger partial charge in [-0.25, -0.2) is 0 Å². The highest BCUT2D eigenvalue weighted by Gasteiger charge is 2.18. The standard InChI is InChI=1S/C17H13NO2S2/c19-16(14-9-5-2-6-10-14)12-22-17-18(20)15(11-21-17)13-7-3-1-4-8-13/h1-11H,12H2. The quantitative estimate of drug-likeness (QED) is 0.308. The van der Waals surface area contributed by atoms with E-state index in [9.17, 15) is 10.0 Å². The fourth-order valence-corrected chi connectivity index (χ4v) is 3.89. The smallest absolute Gasteiger partial charge is 0.309 e. The molecule has 1 heterocycles. The van der Waals surface area contributed by atoms with Gasteiger partial charge in [0.1, 0.15) is 0 Å². The number of thioether (sulfide) groups is 1. The second kappa shape index (κ2) is 6.77. The van der Waals surface area contributed by atoms with Gasteiger partial charge in [0.15, 0.2) is 5.78 Å². The van der Waals surface area contributed by atoms with Crippen molar-refractivity contribution in [1.82, 2.24) is 0 Å². The van der Waals surface area contributed by atoms with Crippen molar-refractivity contribution >= 4 is 28.9 Å². The van der Waals surface area contributed by atoms with E-state index >= 15 is 0 Å². The summed E-state index contributed by atoms with van der Waals surface area (Å²) in [6.07, 6.45) is 0. The van der Waals surface area contributed by atoms with E-state index in [0.717, 1.165) is 10.3 Å². The molecule has 1 aromatic heterocycles. The number of benzene rings is 2. The van der Waals surface area contributed by atoms with Crippen LogP contribution in [0.5, 0.6) is 0 Å². The molecule has 0 saturated carbocycles. The summed E-state index contributed by atoms with van der Waals surface area (Å²) < 4.78 is 1.49. The molecule has 22 heavy (non-hydrogen) atoms. The van der Waals surface area contributed by atoms with Crippen LogP contribution in [0.15, 0.2) is 70.4 Å². The van der Waals surface area contributed by atoms with Gasteiger partial charge in [0.05, 0.1) is 11.1 Å². The van der Waals surface area contributed by atoms with Crippen LogP contribution in [0.2, 0.25) is 0 Å². The molecule has 110 valence electrons. The summed E-state index contributed by atoms with van der Waals surface area (Å²) >= 11 is 2.65. The molecule has 0 amide bonds. The third kappa shape index (κ3) is 3.21. The minimum atomic E-state index is 0.0280. The summed E-state index contributed by atoms with van der Waals surface area (Å²) in [4.78, 5) is 12.1. The van der Waals surface area contributed by atoms with Crippen LogP contribution in [-0.2, 0) is 0 Å². The van der Waals surface area contributed by atoms with Crippen LogP contribution in [0, 0.1) is 5.21 Å². The maximum atomic E-state index is 12.3. The highest BCUT2D eigenvalue weighted by atomic mass is 32.2. The zero-order valence-electron chi connectivity index (χ0n) is 11.6. The monoisotopic (exact) mass is 327 g/mol. The molecule has 0 fully saturated rings. The third-order valence-electron chi connectivity index (χ3n) is 3.15. The summed E-state index contributed by atoms with van der Waals surface area (Å²) in [6.45, 7) is 0. The lowest BCUT2D eigenvalue weighted by molar-refractivity contribution is -0.626. The first kappa shape index (κ1) is 14.8. The topological polar surface area (TPSA) is 44.0 Å². The van der Waals surface area contributed by atoms with Crippen LogP contribution >= 0.6 is 23.1 Å². The van der Waals surface area contributed by atoms with E-state index in [4.69, 9.17) is 0 Å². The molecule has 0 atom stereocenters. The zero-order valence-corrected chi connectivity index (χ0v) is 13.3. The van der Waals surface area contributed by atoms with Crippen molar-refractivity contribution in [3.63, 3.8) is 0 Å². The maximum absolute atomic E-state index is 12.3. The van der Waals surface area contributed by atoms with Crippen LogP contribution in [0.1, 0.15) is 10.4 Å². The van der Waals surface area contributed by atoms with Gasteiger partial charge in [0.2, 0.25) is 5.69 Å². The van der Waals surface area contributed by atoms with Crippen molar-refractivity contribution in [2.24, 2.45) is 0 Å². The number of aromatic nitrogens is 1. The Hall–Kier alpha value is -2.11. The van der Waals surface area contributed by atoms with Crippen molar-refractivity contribution in [1.29, 1.82) is 0 Å². The van der Waals surface area contributed by atoms with Crippen molar-refractivity contribution in [3.05, 3.63) is 76.8 Å². The van der Waals surface area contributed by atoms with Crippen LogP contribution in [0.25, 0.3) is 11.3 Å². The molecule has 0 N–H and O–H groups in total. The Kier molecular flexibility index (Phi) is 4.56. The fourth-order valence-electron chi connectivity index (χ4n) is 2.02. The van der Waals surface area contributed by atoms with Gasteiger partial charge < -0.3 is 5.21 Å². The Morgan fingerprint density at radius 2 is 1.68 bits per heavy atom. The molecular formula is C17H13NO2S2. The van der Waals surface area contributed by atoms with Gasteiger partial charge in [-0.1, -0.05) is 59.9 Å². The molecular weight excluding hydrogens is 314 g/mol. The summed E-state index contributed by atoms with van der Waals surface area (Å²) in [5.74, 6) is 0.293. The van der Waals surface area contributed by atoms with E-state index in [1.54, 1.807) is 12.1 Å². The predicted molar refractivity (Wildman–Crippen MR) is 90.2 cm³/mol. The lowest BCUT2D eigenvalue weighted by Gasteiger charge is -2.02. The first-order valence-corrected chi connectivity index (χ1v) is 8.60. The molecule has 0 aliphatic rings. The Labute approximate surface area is 136 Å². The number of rotatable bonds is 5. The first-order chi connectivity index (χ1) is 10.8. The maximum Gasteiger partial charge on any atom is 0.309 e. The van der Waals surface area contributed by atoms with E-state index in [0.29, 0.717) is 15.6 Å². The number of Topliss-reactive ketones (excluding diaryl/α,β-unsaturated/α-hetero) is 1. The van der Waals surface area contributed by atoms with Crippen molar-refractivity contribution < 1.29 is 9.52 Å². The molecule has 3 aromatic rings. The highest BCUT2D eigenvalue weighted by molar-refractivity contribution is 8.01. The lowest BCUT2D eigenvalue weighted by Crippen LogP contribution is -2.28. The highest BCUT2D eigenvalue weighted by Crippen LogP contribution is 2.26. The first-order valence-electron chi connectivity index (χ1n) is 6.73. The molecule has 0 spiro atoms. The van der Waals surface area contributed by atoms with Gasteiger partial charge in [-0.05, 0) is 23.9 Å². The number of hydrogen-bond donors (Lipinski definition) is 0. The number of nitrogens with zero attached hydrogens (tertiary/aromatic N) is 1. The van der Waals surface area contributed by atoms with Gasteiger partial charge in [-0.2, -0.15) is 0 Å². The van der Waals surface area contributed by atoms with E-state index < -0.39 is 0 Å². The predicted octanol–water partition coefficient (Wildman–Crippen LogP) is 4.02. The average molecular weight is 327 g/mol. The summed E-state index contributed by atoms with van der Waals surface area (Å²) in [6, 6.07) is 18.7. The average Bonchev–Trinajstić information content (AvgIpc) is 2.95. The van der Waals surface area contributed by atoms with Gasteiger partial charge in [-0.3, -0.25) is 4.79 Å². The van der Waals surface area contributed by atoms with Crippen LogP contribution in [0.4, 0.5) is 0 Å². The molecule has 0 aliphatic carbocycles. The fraction of sp³-hybridized carbons (Fsp3) is 0.0588. The molecule has 0 radical (unpaired) electrons. The molecule has 5 heteroatoms. The molecule has 3 rings (SSSR count). The van der Waals surface area contributed by atoms with E-state index in [1.807, 2.05) is 53.9 Å². The Balaban J connectivity index is 1.72. The Morgan fingerprint density at radius 3 is 2.36 bits per heavy atom. The third-order valence-corrected chi connectivity index (χ3v) is 5.32. The van der Waals surface area contributed by atoms with Gasteiger partial charge in [0, 0.05) is 11.1 Å². The zero-order chi connectivity index (χ0) is 15.4. The van der Waals surface area contributed by atoms with Gasteiger partial charge in [-0.15, -0.1) is 4.73 Å². The van der Waals surface area contributed by atoms with Crippen LogP contribution < -0.4 is 4.73 Å². The van der Waals surface area contributed by atoms with E-state index in [1.165, 1.54) is 23.1 Å². The second-order valence-corrected chi connectivity index (χ2v) is 6.71. The summed E-state index contributed by atoms with van der Waals surface area (Å²) in [7, 11) is 0. The number of carbonyl (C=O) groups excluding carboxylic acids is 1.